The van der Waals surface area contributed by atoms with Gasteiger partial charge < -0.3 is 33.2 Å². The molecule has 0 spiro atoms. The monoisotopic (exact) mass is 430 g/mol. The van der Waals surface area contributed by atoms with E-state index in [0.29, 0.717) is 36.4 Å². The molecule has 0 unspecified atom stereocenters. The number of rotatable bonds is 9. The molecule has 0 amide bonds. The lowest BCUT2D eigenvalue weighted by Crippen LogP contribution is -2.26. The zero-order chi connectivity index (χ0) is 21.8. The van der Waals surface area contributed by atoms with Crippen molar-refractivity contribution in [1.29, 1.82) is 0 Å². The predicted molar refractivity (Wildman–Crippen MR) is 114 cm³/mol. The molecule has 7 nitrogen and oxygen atoms in total. The normalized spacial score (nSPS) is 21.9. The maximum atomic E-state index is 6.05. The van der Waals surface area contributed by atoms with E-state index in [-0.39, 0.29) is 19.0 Å². The third kappa shape index (κ3) is 4.52. The summed E-state index contributed by atoms with van der Waals surface area (Å²) in [7, 11) is 4.87. The Hall–Kier alpha value is -2.64. The van der Waals surface area contributed by atoms with E-state index >= 15 is 0 Å². The smallest absolute Gasteiger partial charge is 0.231 e. The van der Waals surface area contributed by atoms with Gasteiger partial charge in [-0.2, -0.15) is 0 Å². The van der Waals surface area contributed by atoms with Gasteiger partial charge in [0.05, 0.1) is 27.9 Å². The fourth-order valence-electron chi connectivity index (χ4n) is 4.39. The van der Waals surface area contributed by atoms with E-state index in [9.17, 15) is 0 Å². The van der Waals surface area contributed by atoms with E-state index in [2.05, 4.69) is 12.1 Å². The Bertz CT molecular complexity index is 872. The fourth-order valence-corrected chi connectivity index (χ4v) is 4.39. The largest absolute Gasteiger partial charge is 0.493 e. The summed E-state index contributed by atoms with van der Waals surface area (Å²) < 4.78 is 39.5. The molecule has 1 fully saturated rings. The van der Waals surface area contributed by atoms with Gasteiger partial charge in [0.25, 0.3) is 0 Å². The van der Waals surface area contributed by atoms with Crippen LogP contribution in [-0.4, -0.2) is 47.6 Å². The second kappa shape index (κ2) is 9.66. The van der Waals surface area contributed by atoms with E-state index in [4.69, 9.17) is 33.2 Å². The quantitative estimate of drug-likeness (QED) is 0.599. The van der Waals surface area contributed by atoms with Crippen LogP contribution in [0.25, 0.3) is 0 Å². The zero-order valence-corrected chi connectivity index (χ0v) is 18.5. The van der Waals surface area contributed by atoms with Crippen LogP contribution in [0.1, 0.15) is 18.1 Å². The molecule has 2 aliphatic rings. The van der Waals surface area contributed by atoms with Gasteiger partial charge in [0.1, 0.15) is 0 Å². The molecule has 0 radical (unpaired) electrons. The van der Waals surface area contributed by atoms with Crippen molar-refractivity contribution < 1.29 is 33.2 Å². The molecule has 0 aliphatic carbocycles. The molecular weight excluding hydrogens is 400 g/mol. The summed E-state index contributed by atoms with van der Waals surface area (Å²) in [5.74, 6) is 3.98. The summed E-state index contributed by atoms with van der Waals surface area (Å²) in [4.78, 5) is 0. The van der Waals surface area contributed by atoms with Crippen molar-refractivity contribution >= 4 is 0 Å². The van der Waals surface area contributed by atoms with E-state index < -0.39 is 0 Å². The number of fused-ring (bicyclic) bond motifs is 1. The predicted octanol–water partition coefficient (Wildman–Crippen LogP) is 3.85. The SMILES string of the molecule is CCO[C@@H]1OC[C@H](Cc2ccc3c(c2)OCO3)[C@H]1Cc1cc(OC)c(OC)c(OC)c1. The summed E-state index contributed by atoms with van der Waals surface area (Å²) in [6.45, 7) is 3.52. The minimum absolute atomic E-state index is 0.188. The van der Waals surface area contributed by atoms with Crippen LogP contribution < -0.4 is 23.7 Å². The molecule has 0 N–H and O–H groups in total. The first-order chi connectivity index (χ1) is 15.2. The molecule has 2 aromatic rings. The van der Waals surface area contributed by atoms with Gasteiger partial charge in [0, 0.05) is 12.5 Å². The van der Waals surface area contributed by atoms with E-state index in [1.54, 1.807) is 21.3 Å². The summed E-state index contributed by atoms with van der Waals surface area (Å²) >= 11 is 0. The summed E-state index contributed by atoms with van der Waals surface area (Å²) in [6, 6.07) is 10.1. The third-order valence-electron chi connectivity index (χ3n) is 5.89. The van der Waals surface area contributed by atoms with Gasteiger partial charge in [0.15, 0.2) is 29.3 Å². The molecule has 2 aromatic carbocycles. The number of benzene rings is 2. The first-order valence-corrected chi connectivity index (χ1v) is 10.6. The van der Waals surface area contributed by atoms with Gasteiger partial charge in [0.2, 0.25) is 12.5 Å². The van der Waals surface area contributed by atoms with Crippen molar-refractivity contribution in [3.05, 3.63) is 41.5 Å². The van der Waals surface area contributed by atoms with Crippen LogP contribution in [0.2, 0.25) is 0 Å². The molecule has 0 bridgehead atoms. The number of ether oxygens (including phenoxy) is 7. The highest BCUT2D eigenvalue weighted by Gasteiger charge is 2.38. The Kier molecular flexibility index (Phi) is 6.73. The van der Waals surface area contributed by atoms with Gasteiger partial charge in [-0.05, 0) is 61.1 Å². The molecule has 168 valence electrons. The maximum Gasteiger partial charge on any atom is 0.231 e. The molecule has 4 rings (SSSR count). The Labute approximate surface area is 183 Å². The van der Waals surface area contributed by atoms with Gasteiger partial charge in [-0.3, -0.25) is 0 Å². The molecular formula is C24H30O7. The van der Waals surface area contributed by atoms with Crippen molar-refractivity contribution in [1.82, 2.24) is 0 Å². The van der Waals surface area contributed by atoms with E-state index in [0.717, 1.165) is 29.9 Å². The summed E-state index contributed by atoms with van der Waals surface area (Å²) in [6.07, 6.45) is 1.40. The van der Waals surface area contributed by atoms with Crippen molar-refractivity contribution in [2.24, 2.45) is 11.8 Å². The van der Waals surface area contributed by atoms with Crippen LogP contribution in [0.15, 0.2) is 30.3 Å². The Balaban J connectivity index is 1.57. The highest BCUT2D eigenvalue weighted by Crippen LogP contribution is 2.41. The molecule has 0 aromatic heterocycles. The molecule has 3 atom stereocenters. The molecule has 7 heteroatoms. The van der Waals surface area contributed by atoms with Crippen molar-refractivity contribution in [3.63, 3.8) is 0 Å². The van der Waals surface area contributed by atoms with Gasteiger partial charge >= 0.3 is 0 Å². The second-order valence-corrected chi connectivity index (χ2v) is 7.71. The highest BCUT2D eigenvalue weighted by atomic mass is 16.7. The number of methoxy groups -OCH3 is 3. The fraction of sp³-hybridized carbons (Fsp3) is 0.500. The van der Waals surface area contributed by atoms with Gasteiger partial charge in [-0.25, -0.2) is 0 Å². The van der Waals surface area contributed by atoms with E-state index in [1.165, 1.54) is 5.56 Å². The first kappa shape index (κ1) is 21.6. The minimum atomic E-state index is -0.247. The van der Waals surface area contributed by atoms with Crippen LogP contribution in [-0.2, 0) is 22.3 Å². The minimum Gasteiger partial charge on any atom is -0.493 e. The zero-order valence-electron chi connectivity index (χ0n) is 18.5. The van der Waals surface area contributed by atoms with Crippen LogP contribution >= 0.6 is 0 Å². The van der Waals surface area contributed by atoms with Crippen LogP contribution in [0, 0.1) is 11.8 Å². The number of hydrogen-bond acceptors (Lipinski definition) is 7. The lowest BCUT2D eigenvalue weighted by atomic mass is 9.84. The van der Waals surface area contributed by atoms with Crippen LogP contribution in [0.5, 0.6) is 28.7 Å². The Morgan fingerprint density at radius 3 is 2.29 bits per heavy atom. The lowest BCUT2D eigenvalue weighted by Gasteiger charge is -2.24. The van der Waals surface area contributed by atoms with Gasteiger partial charge in [-0.15, -0.1) is 0 Å². The van der Waals surface area contributed by atoms with E-state index in [1.807, 2.05) is 25.1 Å². The summed E-state index contributed by atoms with van der Waals surface area (Å²) in [5, 5.41) is 0. The standard InChI is InChI=1S/C24H30O7/c1-5-28-24-18(9-16-11-21(25-2)23(27-4)22(12-16)26-3)17(13-29-24)8-15-6-7-19-20(10-15)31-14-30-19/h6-7,10-12,17-18,24H,5,8-9,13-14H2,1-4H3/t17-,18+,24+/m0/s1. The van der Waals surface area contributed by atoms with Crippen molar-refractivity contribution in [2.75, 3.05) is 41.3 Å². The molecule has 31 heavy (non-hydrogen) atoms. The van der Waals surface area contributed by atoms with Crippen molar-refractivity contribution in [2.45, 2.75) is 26.1 Å². The van der Waals surface area contributed by atoms with Crippen LogP contribution in [0.3, 0.4) is 0 Å². The first-order valence-electron chi connectivity index (χ1n) is 10.6. The average Bonchev–Trinajstić information content (AvgIpc) is 3.40. The Morgan fingerprint density at radius 1 is 0.871 bits per heavy atom. The molecule has 0 saturated carbocycles. The third-order valence-corrected chi connectivity index (χ3v) is 5.89. The summed E-state index contributed by atoms with van der Waals surface area (Å²) in [5.41, 5.74) is 2.29. The topological polar surface area (TPSA) is 64.6 Å². The van der Waals surface area contributed by atoms with Crippen LogP contribution in [0.4, 0.5) is 0 Å². The Morgan fingerprint density at radius 2 is 1.61 bits per heavy atom. The average molecular weight is 430 g/mol. The molecule has 2 aliphatic heterocycles. The van der Waals surface area contributed by atoms with Gasteiger partial charge in [-0.1, -0.05) is 6.07 Å². The second-order valence-electron chi connectivity index (χ2n) is 7.71. The maximum absolute atomic E-state index is 6.05. The molecule has 1 saturated heterocycles. The lowest BCUT2D eigenvalue weighted by molar-refractivity contribution is -0.127. The molecule has 2 heterocycles. The highest BCUT2D eigenvalue weighted by molar-refractivity contribution is 5.54. The van der Waals surface area contributed by atoms with Crippen molar-refractivity contribution in [3.8, 4) is 28.7 Å². The number of hydrogen-bond donors (Lipinski definition) is 0.